The number of hydrogen-bond donors (Lipinski definition) is 1. The summed E-state index contributed by atoms with van der Waals surface area (Å²) in [5, 5.41) is 13.1. The molecule has 0 radical (unpaired) electrons. The minimum absolute atomic E-state index is 0.129. The van der Waals surface area contributed by atoms with Gasteiger partial charge in [0, 0.05) is 31.5 Å². The maximum Gasteiger partial charge on any atom is 0.289 e. The minimum atomic E-state index is -0.181. The van der Waals surface area contributed by atoms with Gasteiger partial charge in [-0.1, -0.05) is 12.5 Å². The van der Waals surface area contributed by atoms with E-state index in [-0.39, 0.29) is 12.0 Å². The van der Waals surface area contributed by atoms with Gasteiger partial charge in [-0.2, -0.15) is 0 Å². The second kappa shape index (κ2) is 7.02. The van der Waals surface area contributed by atoms with Crippen molar-refractivity contribution in [3.05, 3.63) is 34.0 Å². The van der Waals surface area contributed by atoms with E-state index in [1.165, 1.54) is 6.42 Å². The van der Waals surface area contributed by atoms with E-state index in [9.17, 15) is 4.79 Å². The molecule has 1 atom stereocenters. The van der Waals surface area contributed by atoms with Crippen LogP contribution in [0.5, 0.6) is 0 Å². The van der Waals surface area contributed by atoms with Crippen LogP contribution in [-0.2, 0) is 17.7 Å². The van der Waals surface area contributed by atoms with Crippen molar-refractivity contribution in [1.29, 1.82) is 0 Å². The third-order valence-corrected chi connectivity index (χ3v) is 4.87. The van der Waals surface area contributed by atoms with Crippen LogP contribution in [0, 0.1) is 0 Å². The van der Waals surface area contributed by atoms with Gasteiger partial charge in [0.05, 0.1) is 0 Å². The smallest absolute Gasteiger partial charge is 0.289 e. The number of methoxy groups -OCH3 is 1. The van der Waals surface area contributed by atoms with Crippen molar-refractivity contribution in [2.75, 3.05) is 13.7 Å². The van der Waals surface area contributed by atoms with Crippen LogP contribution in [0.25, 0.3) is 0 Å². The molecule has 6 nitrogen and oxygen atoms in total. The molecule has 3 rings (SSSR count). The van der Waals surface area contributed by atoms with E-state index >= 15 is 0 Å². The quantitative estimate of drug-likeness (QED) is 0.917. The van der Waals surface area contributed by atoms with E-state index in [2.05, 4.69) is 15.5 Å². The monoisotopic (exact) mass is 320 g/mol. The van der Waals surface area contributed by atoms with Crippen LogP contribution in [0.15, 0.2) is 17.5 Å². The summed E-state index contributed by atoms with van der Waals surface area (Å²) < 4.78 is 7.40. The number of aromatic nitrogens is 3. The van der Waals surface area contributed by atoms with E-state index in [1.54, 1.807) is 18.4 Å². The molecule has 22 heavy (non-hydrogen) atoms. The first-order valence-electron chi connectivity index (χ1n) is 7.56. The van der Waals surface area contributed by atoms with E-state index in [0.29, 0.717) is 12.4 Å². The van der Waals surface area contributed by atoms with Gasteiger partial charge >= 0.3 is 0 Å². The average Bonchev–Trinajstić information content (AvgIpc) is 3.14. The van der Waals surface area contributed by atoms with Crippen molar-refractivity contribution in [2.45, 2.75) is 38.3 Å². The predicted octanol–water partition coefficient (Wildman–Crippen LogP) is 2.18. The summed E-state index contributed by atoms with van der Waals surface area (Å²) >= 11 is 1.62. The fourth-order valence-corrected chi connectivity index (χ4v) is 3.49. The summed E-state index contributed by atoms with van der Waals surface area (Å²) in [4.78, 5) is 13.5. The lowest BCUT2D eigenvalue weighted by molar-refractivity contribution is 0.0825. The first-order chi connectivity index (χ1) is 10.8. The van der Waals surface area contributed by atoms with E-state index in [4.69, 9.17) is 4.74 Å². The molecule has 1 amide bonds. The van der Waals surface area contributed by atoms with E-state index in [0.717, 1.165) is 36.5 Å². The zero-order chi connectivity index (χ0) is 15.4. The molecule has 0 aromatic carbocycles. The van der Waals surface area contributed by atoms with E-state index < -0.39 is 0 Å². The number of rotatable bonds is 5. The Kier molecular flexibility index (Phi) is 4.84. The highest BCUT2D eigenvalue weighted by atomic mass is 32.1. The second-order valence-electron chi connectivity index (χ2n) is 5.35. The van der Waals surface area contributed by atoms with Gasteiger partial charge in [0.1, 0.15) is 11.9 Å². The third kappa shape index (κ3) is 3.20. The molecule has 1 aliphatic heterocycles. The molecule has 1 N–H and O–H groups in total. The molecule has 0 aliphatic carbocycles. The standard InChI is InChI=1S/C15H20N4O2S/c1-21-11(12-6-5-9-22-12)10-16-15(20)14-18-17-13-7-3-2-4-8-19(13)14/h5-6,9,11H,2-4,7-8,10H2,1H3,(H,16,20). The summed E-state index contributed by atoms with van der Waals surface area (Å²) in [6.07, 6.45) is 4.13. The van der Waals surface area contributed by atoms with Crippen molar-refractivity contribution < 1.29 is 9.53 Å². The van der Waals surface area contributed by atoms with Crippen LogP contribution in [0.4, 0.5) is 0 Å². The highest BCUT2D eigenvalue weighted by Crippen LogP contribution is 2.21. The number of carbonyl (C=O) groups excluding carboxylic acids is 1. The summed E-state index contributed by atoms with van der Waals surface area (Å²) in [7, 11) is 1.65. The highest BCUT2D eigenvalue weighted by Gasteiger charge is 2.21. The Balaban J connectivity index is 1.66. The average molecular weight is 320 g/mol. The number of ether oxygens (including phenoxy) is 1. The molecule has 1 aliphatic rings. The topological polar surface area (TPSA) is 69.0 Å². The van der Waals surface area contributed by atoms with Crippen molar-refractivity contribution >= 4 is 17.2 Å². The number of hydrogen-bond acceptors (Lipinski definition) is 5. The molecule has 2 aromatic heterocycles. The fraction of sp³-hybridized carbons (Fsp3) is 0.533. The second-order valence-corrected chi connectivity index (χ2v) is 6.33. The SMILES string of the molecule is COC(CNC(=O)c1nnc2n1CCCCC2)c1cccs1. The Hall–Kier alpha value is -1.73. The summed E-state index contributed by atoms with van der Waals surface area (Å²) in [6.45, 7) is 1.25. The van der Waals surface area contributed by atoms with Crippen LogP contribution < -0.4 is 5.32 Å². The van der Waals surface area contributed by atoms with Gasteiger partial charge < -0.3 is 14.6 Å². The van der Waals surface area contributed by atoms with Gasteiger partial charge in [0.15, 0.2) is 0 Å². The molecule has 0 bridgehead atoms. The number of carbonyl (C=O) groups is 1. The maximum atomic E-state index is 12.4. The molecule has 7 heteroatoms. The predicted molar refractivity (Wildman–Crippen MR) is 84.0 cm³/mol. The zero-order valence-corrected chi connectivity index (χ0v) is 13.4. The van der Waals surface area contributed by atoms with Crippen LogP contribution >= 0.6 is 11.3 Å². The lowest BCUT2D eigenvalue weighted by Gasteiger charge is -2.14. The molecule has 0 saturated heterocycles. The minimum Gasteiger partial charge on any atom is -0.374 e. The number of fused-ring (bicyclic) bond motifs is 1. The summed E-state index contributed by atoms with van der Waals surface area (Å²) in [6, 6.07) is 3.99. The molecule has 3 heterocycles. The first kappa shape index (κ1) is 15.2. The van der Waals surface area contributed by atoms with Gasteiger partial charge in [-0.15, -0.1) is 21.5 Å². The number of thiophene rings is 1. The fourth-order valence-electron chi connectivity index (χ4n) is 2.69. The third-order valence-electron chi connectivity index (χ3n) is 3.91. The Bertz CT molecular complexity index is 624. The Morgan fingerprint density at radius 3 is 3.14 bits per heavy atom. The summed E-state index contributed by atoms with van der Waals surface area (Å²) in [5.41, 5.74) is 0. The lowest BCUT2D eigenvalue weighted by Crippen LogP contribution is -2.31. The molecular formula is C15H20N4O2S. The Labute approximate surface area is 133 Å². The summed E-state index contributed by atoms with van der Waals surface area (Å²) in [5.74, 6) is 1.15. The molecule has 118 valence electrons. The van der Waals surface area contributed by atoms with Gasteiger partial charge in [-0.05, 0) is 24.3 Å². The Morgan fingerprint density at radius 1 is 1.45 bits per heavy atom. The molecule has 2 aromatic rings. The number of amides is 1. The number of aryl methyl sites for hydroxylation is 1. The van der Waals surface area contributed by atoms with E-state index in [1.807, 2.05) is 22.1 Å². The number of nitrogens with zero attached hydrogens (tertiary/aromatic N) is 3. The molecule has 0 saturated carbocycles. The van der Waals surface area contributed by atoms with Crippen LogP contribution in [0.1, 0.15) is 46.7 Å². The largest absolute Gasteiger partial charge is 0.374 e. The van der Waals surface area contributed by atoms with Gasteiger partial charge in [-0.25, -0.2) is 0 Å². The molecule has 1 unspecified atom stereocenters. The molecule has 0 spiro atoms. The van der Waals surface area contributed by atoms with Crippen molar-refractivity contribution in [1.82, 2.24) is 20.1 Å². The maximum absolute atomic E-state index is 12.4. The zero-order valence-electron chi connectivity index (χ0n) is 12.6. The number of nitrogens with one attached hydrogen (secondary N) is 1. The Morgan fingerprint density at radius 2 is 2.36 bits per heavy atom. The first-order valence-corrected chi connectivity index (χ1v) is 8.44. The molecule has 0 fully saturated rings. The van der Waals surface area contributed by atoms with Crippen LogP contribution in [0.2, 0.25) is 0 Å². The van der Waals surface area contributed by atoms with Crippen LogP contribution in [-0.4, -0.2) is 34.3 Å². The van der Waals surface area contributed by atoms with Crippen LogP contribution in [0.3, 0.4) is 0 Å². The van der Waals surface area contributed by atoms with Gasteiger partial charge in [0.2, 0.25) is 5.82 Å². The highest BCUT2D eigenvalue weighted by molar-refractivity contribution is 7.10. The van der Waals surface area contributed by atoms with Gasteiger partial charge in [0.25, 0.3) is 5.91 Å². The van der Waals surface area contributed by atoms with Crippen molar-refractivity contribution in [3.8, 4) is 0 Å². The van der Waals surface area contributed by atoms with Crippen molar-refractivity contribution in [2.24, 2.45) is 0 Å². The molecular weight excluding hydrogens is 300 g/mol. The lowest BCUT2D eigenvalue weighted by atomic mass is 10.2. The van der Waals surface area contributed by atoms with Crippen molar-refractivity contribution in [3.63, 3.8) is 0 Å². The van der Waals surface area contributed by atoms with Gasteiger partial charge in [-0.3, -0.25) is 4.79 Å². The normalized spacial score (nSPS) is 15.9.